The normalized spacial score (nSPS) is 14.3. The van der Waals surface area contributed by atoms with Crippen molar-refractivity contribution in [2.45, 2.75) is 32.0 Å². The van der Waals surface area contributed by atoms with Gasteiger partial charge in [-0.25, -0.2) is 23.5 Å². The summed E-state index contributed by atoms with van der Waals surface area (Å²) in [7, 11) is 0. The summed E-state index contributed by atoms with van der Waals surface area (Å²) < 4.78 is 67.8. The zero-order valence-electron chi connectivity index (χ0n) is 18.9. The van der Waals surface area contributed by atoms with Gasteiger partial charge in [0.1, 0.15) is 17.2 Å². The molecule has 1 aliphatic rings. The molecule has 3 aromatic heterocycles. The molecule has 0 aromatic carbocycles. The van der Waals surface area contributed by atoms with Gasteiger partial charge < -0.3 is 10.6 Å². The van der Waals surface area contributed by atoms with Crippen LogP contribution in [0.25, 0.3) is 16.9 Å². The monoisotopic (exact) mass is 510 g/mol. The van der Waals surface area contributed by atoms with Gasteiger partial charge in [0.25, 0.3) is 5.91 Å². The fourth-order valence-corrected chi connectivity index (χ4v) is 3.86. The van der Waals surface area contributed by atoms with Crippen molar-refractivity contribution in [1.29, 1.82) is 0 Å². The van der Waals surface area contributed by atoms with E-state index in [1.165, 1.54) is 17.0 Å². The van der Waals surface area contributed by atoms with Crippen LogP contribution in [-0.4, -0.2) is 51.3 Å². The molecule has 0 aliphatic carbocycles. The highest BCUT2D eigenvalue weighted by Gasteiger charge is 2.38. The summed E-state index contributed by atoms with van der Waals surface area (Å²) in [5.41, 5.74) is -3.49. The molecule has 14 heteroatoms. The first-order valence-corrected chi connectivity index (χ1v) is 10.6. The fraction of sp³-hybridized carbons (Fsp3) is 0.318. The number of amides is 3. The second-order valence-corrected chi connectivity index (χ2v) is 8.76. The van der Waals surface area contributed by atoms with Crippen LogP contribution in [0.4, 0.5) is 32.6 Å². The minimum Gasteiger partial charge on any atom is -0.347 e. The summed E-state index contributed by atoms with van der Waals surface area (Å²) in [6, 6.07) is 2.66. The number of aromatic nitrogens is 3. The summed E-state index contributed by atoms with van der Waals surface area (Å²) in [6.07, 6.45) is -4.39. The summed E-state index contributed by atoms with van der Waals surface area (Å²) in [4.78, 5) is 47.4. The van der Waals surface area contributed by atoms with Gasteiger partial charge in [0.15, 0.2) is 17.3 Å². The van der Waals surface area contributed by atoms with Gasteiger partial charge in [0.2, 0.25) is 5.43 Å². The highest BCUT2D eigenvalue weighted by molar-refractivity contribution is 5.98. The van der Waals surface area contributed by atoms with Gasteiger partial charge in [-0.1, -0.05) is 0 Å². The van der Waals surface area contributed by atoms with Gasteiger partial charge in [-0.2, -0.15) is 13.2 Å². The van der Waals surface area contributed by atoms with Gasteiger partial charge in [-0.3, -0.25) is 19.1 Å². The summed E-state index contributed by atoms with van der Waals surface area (Å²) in [5.74, 6) is -3.71. The highest BCUT2D eigenvalue weighted by Crippen LogP contribution is 2.27. The van der Waals surface area contributed by atoms with Crippen molar-refractivity contribution in [1.82, 2.24) is 25.2 Å². The first kappa shape index (κ1) is 25.0. The van der Waals surface area contributed by atoms with Gasteiger partial charge in [-0.05, 0) is 26.0 Å². The van der Waals surface area contributed by atoms with E-state index in [2.05, 4.69) is 20.6 Å². The van der Waals surface area contributed by atoms with Crippen LogP contribution in [0.1, 0.15) is 30.6 Å². The smallest absolute Gasteiger partial charge is 0.347 e. The zero-order chi connectivity index (χ0) is 26.4. The summed E-state index contributed by atoms with van der Waals surface area (Å²) >= 11 is 0. The lowest BCUT2D eigenvalue weighted by Gasteiger charge is -2.27. The predicted molar refractivity (Wildman–Crippen MR) is 118 cm³/mol. The maximum absolute atomic E-state index is 14.7. The zero-order valence-corrected chi connectivity index (χ0v) is 18.9. The molecule has 0 atom stereocenters. The number of anilines is 1. The van der Waals surface area contributed by atoms with Crippen molar-refractivity contribution < 1.29 is 31.5 Å². The Morgan fingerprint density at radius 3 is 2.53 bits per heavy atom. The number of nitrogens with one attached hydrogen (secondary N) is 2. The SMILES string of the molecule is CC(C)(CC(F)(F)F)NC(=O)c1cn(-c2ncc(F)cc2F)c2nc(N3CCNC3=O)ccc2c1=O. The third-order valence-electron chi connectivity index (χ3n) is 5.32. The first-order chi connectivity index (χ1) is 16.8. The number of alkyl halides is 3. The Bertz CT molecular complexity index is 1440. The number of hydrogen-bond donors (Lipinski definition) is 2. The second-order valence-electron chi connectivity index (χ2n) is 8.76. The van der Waals surface area contributed by atoms with Crippen molar-refractivity contribution in [2.24, 2.45) is 0 Å². The van der Waals surface area contributed by atoms with Crippen LogP contribution in [0, 0.1) is 11.6 Å². The van der Waals surface area contributed by atoms with Crippen molar-refractivity contribution in [3.8, 4) is 5.82 Å². The molecule has 190 valence electrons. The van der Waals surface area contributed by atoms with Crippen molar-refractivity contribution in [3.63, 3.8) is 0 Å². The quantitative estimate of drug-likeness (QED) is 0.513. The number of halogens is 5. The van der Waals surface area contributed by atoms with E-state index in [0.717, 1.165) is 24.6 Å². The van der Waals surface area contributed by atoms with Gasteiger partial charge >= 0.3 is 12.2 Å². The van der Waals surface area contributed by atoms with Crippen molar-refractivity contribution in [2.75, 3.05) is 18.0 Å². The molecular weight excluding hydrogens is 491 g/mol. The molecule has 1 saturated heterocycles. The highest BCUT2D eigenvalue weighted by atomic mass is 19.4. The van der Waals surface area contributed by atoms with Crippen LogP contribution in [0.2, 0.25) is 0 Å². The van der Waals surface area contributed by atoms with Crippen LogP contribution in [0.3, 0.4) is 0 Å². The molecule has 0 radical (unpaired) electrons. The summed E-state index contributed by atoms with van der Waals surface area (Å²) in [6.45, 7) is 2.87. The lowest BCUT2D eigenvalue weighted by atomic mass is 9.99. The minimum absolute atomic E-state index is 0.108. The number of nitrogens with zero attached hydrogens (tertiary/aromatic N) is 4. The van der Waals surface area contributed by atoms with Gasteiger partial charge in [0.05, 0.1) is 18.0 Å². The molecule has 0 bridgehead atoms. The number of carbonyl (C=O) groups excluding carboxylic acids is 2. The number of rotatable bonds is 5. The Morgan fingerprint density at radius 2 is 1.92 bits per heavy atom. The molecule has 36 heavy (non-hydrogen) atoms. The number of urea groups is 1. The van der Waals surface area contributed by atoms with Gasteiger partial charge in [0, 0.05) is 30.9 Å². The number of carbonyl (C=O) groups is 2. The van der Waals surface area contributed by atoms with Crippen LogP contribution >= 0.6 is 0 Å². The molecule has 0 spiro atoms. The Morgan fingerprint density at radius 1 is 1.19 bits per heavy atom. The maximum Gasteiger partial charge on any atom is 0.391 e. The van der Waals surface area contributed by atoms with Crippen LogP contribution in [0.15, 0.2) is 35.4 Å². The molecule has 4 heterocycles. The molecule has 0 saturated carbocycles. The van der Waals surface area contributed by atoms with Crippen LogP contribution < -0.4 is 21.0 Å². The lowest BCUT2D eigenvalue weighted by molar-refractivity contribution is -0.146. The Kier molecular flexibility index (Phi) is 6.14. The molecule has 4 rings (SSSR count). The first-order valence-electron chi connectivity index (χ1n) is 10.6. The van der Waals surface area contributed by atoms with Crippen molar-refractivity contribution in [3.05, 3.63) is 58.0 Å². The molecule has 1 fully saturated rings. The third-order valence-corrected chi connectivity index (χ3v) is 5.32. The predicted octanol–water partition coefficient (Wildman–Crippen LogP) is 3.05. The van der Waals surface area contributed by atoms with Crippen molar-refractivity contribution >= 4 is 28.8 Å². The van der Waals surface area contributed by atoms with E-state index < -0.39 is 58.5 Å². The Hall–Kier alpha value is -4.10. The van der Waals surface area contributed by atoms with E-state index in [1.807, 2.05) is 0 Å². The molecule has 1 aliphatic heterocycles. The standard InChI is InChI=1S/C22H19F5N6O3/c1-21(2,10-22(25,26)27)31-19(35)13-9-33(18-14(24)7-11(23)8-29-18)17-12(16(13)34)3-4-15(30-17)32-6-5-28-20(32)36/h3-4,7-9H,5-6,10H2,1-2H3,(H,28,36)(H,31,35). The van der Waals surface area contributed by atoms with E-state index in [4.69, 9.17) is 0 Å². The van der Waals surface area contributed by atoms with E-state index in [1.54, 1.807) is 0 Å². The lowest BCUT2D eigenvalue weighted by Crippen LogP contribution is -2.47. The number of fused-ring (bicyclic) bond motifs is 1. The molecule has 9 nitrogen and oxygen atoms in total. The Labute approximate surface area is 199 Å². The number of hydrogen-bond acceptors (Lipinski definition) is 5. The molecule has 0 unspecified atom stereocenters. The molecular formula is C22H19F5N6O3. The topological polar surface area (TPSA) is 109 Å². The van der Waals surface area contributed by atoms with Crippen LogP contribution in [-0.2, 0) is 0 Å². The Balaban J connectivity index is 1.90. The average molecular weight is 510 g/mol. The van der Waals surface area contributed by atoms with E-state index in [0.29, 0.717) is 18.8 Å². The largest absolute Gasteiger partial charge is 0.391 e. The van der Waals surface area contributed by atoms with E-state index in [-0.39, 0.29) is 23.4 Å². The van der Waals surface area contributed by atoms with E-state index in [9.17, 15) is 36.3 Å². The average Bonchev–Trinajstić information content (AvgIpc) is 3.18. The van der Waals surface area contributed by atoms with E-state index >= 15 is 0 Å². The fourth-order valence-electron chi connectivity index (χ4n) is 3.86. The van der Waals surface area contributed by atoms with Crippen LogP contribution in [0.5, 0.6) is 0 Å². The third kappa shape index (κ3) is 4.97. The number of pyridine rings is 3. The molecule has 2 N–H and O–H groups in total. The maximum atomic E-state index is 14.7. The molecule has 3 amide bonds. The van der Waals surface area contributed by atoms with Gasteiger partial charge in [-0.15, -0.1) is 0 Å². The second kappa shape index (κ2) is 8.84. The molecule has 3 aromatic rings. The minimum atomic E-state index is -4.59. The summed E-state index contributed by atoms with van der Waals surface area (Å²) in [5, 5.41) is 4.55.